The molecule has 2 aromatic carbocycles. The highest BCUT2D eigenvalue weighted by atomic mass is 35.5. The molecule has 0 unspecified atom stereocenters. The van der Waals surface area contributed by atoms with Gasteiger partial charge in [-0.25, -0.2) is 4.99 Å². The number of carbonyl (C=O) groups excluding carboxylic acids is 1. The van der Waals surface area contributed by atoms with Crippen LogP contribution in [0.2, 0.25) is 5.02 Å². The van der Waals surface area contributed by atoms with Gasteiger partial charge in [-0.1, -0.05) is 17.7 Å². The predicted molar refractivity (Wildman–Crippen MR) is 114 cm³/mol. The normalized spacial score (nSPS) is 11.2. The lowest BCUT2D eigenvalue weighted by atomic mass is 10.1. The van der Waals surface area contributed by atoms with E-state index in [0.29, 0.717) is 23.1 Å². The number of rotatable bonds is 4. The molecular weight excluding hydrogens is 372 g/mol. The fourth-order valence-corrected chi connectivity index (χ4v) is 2.63. The molecule has 0 aliphatic heterocycles. The van der Waals surface area contributed by atoms with Crippen molar-refractivity contribution in [3.05, 3.63) is 94.3 Å². The number of carbonyl (C=O) groups is 1. The number of aliphatic imine (C=N–C) groups is 1. The maximum absolute atomic E-state index is 12.6. The number of guanidine groups is 1. The Morgan fingerprint density at radius 2 is 1.71 bits per heavy atom. The highest BCUT2D eigenvalue weighted by Crippen LogP contribution is 2.14. The fraction of sp³-hybridized carbons (Fsp3) is 0.136. The van der Waals surface area contributed by atoms with Crippen molar-refractivity contribution >= 4 is 29.2 Å². The zero-order chi connectivity index (χ0) is 19.9. The fourth-order valence-electron chi connectivity index (χ4n) is 2.51. The molecule has 28 heavy (non-hydrogen) atoms. The van der Waals surface area contributed by atoms with Crippen LogP contribution in [0.1, 0.15) is 27.0 Å². The van der Waals surface area contributed by atoms with E-state index in [-0.39, 0.29) is 5.91 Å². The van der Waals surface area contributed by atoms with Gasteiger partial charge in [0.05, 0.1) is 6.54 Å². The van der Waals surface area contributed by atoms with Crippen molar-refractivity contribution in [1.29, 1.82) is 0 Å². The number of pyridine rings is 1. The number of halogens is 1. The molecule has 0 radical (unpaired) electrons. The van der Waals surface area contributed by atoms with Gasteiger partial charge in [0, 0.05) is 28.7 Å². The molecule has 0 aliphatic rings. The van der Waals surface area contributed by atoms with Crippen molar-refractivity contribution in [1.82, 2.24) is 10.3 Å². The number of nitrogens with zero attached hydrogens (tertiary/aromatic N) is 2. The number of anilines is 1. The first-order valence-corrected chi connectivity index (χ1v) is 9.23. The van der Waals surface area contributed by atoms with Crippen molar-refractivity contribution in [3.63, 3.8) is 0 Å². The van der Waals surface area contributed by atoms with Crippen molar-refractivity contribution in [2.75, 3.05) is 5.32 Å². The van der Waals surface area contributed by atoms with Crippen LogP contribution in [0.15, 0.2) is 72.0 Å². The van der Waals surface area contributed by atoms with E-state index < -0.39 is 0 Å². The van der Waals surface area contributed by atoms with Gasteiger partial charge >= 0.3 is 0 Å². The molecule has 0 spiro atoms. The van der Waals surface area contributed by atoms with Crippen LogP contribution < -0.4 is 10.6 Å². The maximum atomic E-state index is 12.6. The van der Waals surface area contributed by atoms with Gasteiger partial charge in [0.15, 0.2) is 0 Å². The Morgan fingerprint density at radius 3 is 2.39 bits per heavy atom. The molecule has 0 atom stereocenters. The van der Waals surface area contributed by atoms with Crippen LogP contribution in [-0.4, -0.2) is 16.9 Å². The van der Waals surface area contributed by atoms with Crippen LogP contribution in [0.5, 0.6) is 0 Å². The van der Waals surface area contributed by atoms with E-state index in [9.17, 15) is 4.79 Å². The molecule has 142 valence electrons. The lowest BCUT2D eigenvalue weighted by Crippen LogP contribution is -2.36. The number of nitrogens with one attached hydrogen (secondary N) is 2. The Kier molecular flexibility index (Phi) is 6.40. The minimum Gasteiger partial charge on any atom is -0.326 e. The van der Waals surface area contributed by atoms with Gasteiger partial charge in [0.1, 0.15) is 0 Å². The third-order valence-corrected chi connectivity index (χ3v) is 4.53. The number of aromatic nitrogens is 1. The van der Waals surface area contributed by atoms with Gasteiger partial charge in [-0.15, -0.1) is 0 Å². The zero-order valence-electron chi connectivity index (χ0n) is 15.7. The third-order valence-electron chi connectivity index (χ3n) is 4.28. The SMILES string of the molecule is Cc1ccc(NC(=NCc2ccncc2)NC(=O)c2ccc(Cl)cc2)cc1C. The van der Waals surface area contributed by atoms with Crippen LogP contribution in [0.3, 0.4) is 0 Å². The maximum Gasteiger partial charge on any atom is 0.257 e. The number of hydrogen-bond donors (Lipinski definition) is 2. The monoisotopic (exact) mass is 392 g/mol. The lowest BCUT2D eigenvalue weighted by Gasteiger charge is -2.13. The highest BCUT2D eigenvalue weighted by Gasteiger charge is 2.10. The molecule has 5 nitrogen and oxygen atoms in total. The summed E-state index contributed by atoms with van der Waals surface area (Å²) < 4.78 is 0. The number of aryl methyl sites for hydroxylation is 2. The van der Waals surface area contributed by atoms with Gasteiger partial charge < -0.3 is 5.32 Å². The molecule has 1 aromatic heterocycles. The van der Waals surface area contributed by atoms with E-state index in [4.69, 9.17) is 11.6 Å². The molecule has 1 amide bonds. The molecule has 0 aliphatic carbocycles. The Hall–Kier alpha value is -3.18. The second-order valence-electron chi connectivity index (χ2n) is 6.41. The summed E-state index contributed by atoms with van der Waals surface area (Å²) in [5, 5.41) is 6.63. The van der Waals surface area contributed by atoms with Crippen LogP contribution in [0.25, 0.3) is 0 Å². The van der Waals surface area contributed by atoms with Crippen LogP contribution >= 0.6 is 11.6 Å². The van der Waals surface area contributed by atoms with Gasteiger partial charge in [-0.2, -0.15) is 0 Å². The quantitative estimate of drug-likeness (QED) is 0.497. The summed E-state index contributed by atoms with van der Waals surface area (Å²) in [5.41, 5.74) is 4.71. The number of benzene rings is 2. The summed E-state index contributed by atoms with van der Waals surface area (Å²) in [6.45, 7) is 4.51. The van der Waals surface area contributed by atoms with Crippen LogP contribution in [0.4, 0.5) is 5.69 Å². The number of hydrogen-bond acceptors (Lipinski definition) is 3. The number of amides is 1. The molecule has 0 bridgehead atoms. The minimum atomic E-state index is -0.263. The largest absolute Gasteiger partial charge is 0.326 e. The minimum absolute atomic E-state index is 0.263. The second kappa shape index (κ2) is 9.15. The topological polar surface area (TPSA) is 66.4 Å². The average molecular weight is 393 g/mol. The molecule has 0 fully saturated rings. The first-order chi connectivity index (χ1) is 13.5. The molecule has 6 heteroatoms. The van der Waals surface area contributed by atoms with Crippen LogP contribution in [-0.2, 0) is 6.54 Å². The lowest BCUT2D eigenvalue weighted by molar-refractivity contribution is 0.0977. The summed E-state index contributed by atoms with van der Waals surface area (Å²) in [6.07, 6.45) is 3.43. The van der Waals surface area contributed by atoms with Crippen molar-refractivity contribution in [3.8, 4) is 0 Å². The second-order valence-corrected chi connectivity index (χ2v) is 6.84. The standard InChI is InChI=1S/C22H21ClN4O/c1-15-3-8-20(13-16(15)2)26-22(25-14-17-9-11-24-12-10-17)27-21(28)18-4-6-19(23)7-5-18/h3-13H,14H2,1-2H3,(H2,25,26,27,28). The van der Waals surface area contributed by atoms with E-state index in [0.717, 1.165) is 16.8 Å². The van der Waals surface area contributed by atoms with Gasteiger partial charge in [-0.05, 0) is 79.1 Å². The van der Waals surface area contributed by atoms with E-state index in [2.05, 4.69) is 27.5 Å². The summed E-state index contributed by atoms with van der Waals surface area (Å²) in [6, 6.07) is 16.5. The highest BCUT2D eigenvalue weighted by molar-refractivity contribution is 6.30. The Labute approximate surface area is 169 Å². The summed E-state index contributed by atoms with van der Waals surface area (Å²) in [4.78, 5) is 21.2. The first kappa shape index (κ1) is 19.6. The van der Waals surface area contributed by atoms with Crippen LogP contribution in [0, 0.1) is 13.8 Å². The Balaban J connectivity index is 1.81. The summed E-state index contributed by atoms with van der Waals surface area (Å²) in [5.74, 6) is 0.112. The van der Waals surface area contributed by atoms with Crippen molar-refractivity contribution in [2.45, 2.75) is 20.4 Å². The third kappa shape index (κ3) is 5.41. The Bertz CT molecular complexity index is 985. The first-order valence-electron chi connectivity index (χ1n) is 8.86. The molecule has 0 saturated carbocycles. The van der Waals surface area contributed by atoms with Gasteiger partial charge in [-0.3, -0.25) is 15.1 Å². The van der Waals surface area contributed by atoms with Crippen molar-refractivity contribution < 1.29 is 4.79 Å². The molecule has 1 heterocycles. The van der Waals surface area contributed by atoms with E-state index in [1.165, 1.54) is 5.56 Å². The molecule has 2 N–H and O–H groups in total. The van der Waals surface area contributed by atoms with E-state index >= 15 is 0 Å². The summed E-state index contributed by atoms with van der Waals surface area (Å²) in [7, 11) is 0. The van der Waals surface area contributed by atoms with Gasteiger partial charge in [0.25, 0.3) is 5.91 Å². The molecule has 3 rings (SSSR count). The smallest absolute Gasteiger partial charge is 0.257 e. The van der Waals surface area contributed by atoms with Gasteiger partial charge in [0.2, 0.25) is 5.96 Å². The predicted octanol–water partition coefficient (Wildman–Crippen LogP) is 4.75. The van der Waals surface area contributed by atoms with E-state index in [1.807, 2.05) is 37.3 Å². The van der Waals surface area contributed by atoms with E-state index in [1.54, 1.807) is 36.7 Å². The average Bonchev–Trinajstić information content (AvgIpc) is 2.70. The van der Waals surface area contributed by atoms with Crippen molar-refractivity contribution in [2.24, 2.45) is 4.99 Å². The molecule has 3 aromatic rings. The summed E-state index contributed by atoms with van der Waals surface area (Å²) >= 11 is 5.90. The Morgan fingerprint density at radius 1 is 1.00 bits per heavy atom. The zero-order valence-corrected chi connectivity index (χ0v) is 16.5. The molecule has 0 saturated heterocycles. The molecular formula is C22H21ClN4O.